The van der Waals surface area contributed by atoms with Gasteiger partial charge in [0.05, 0.1) is 14.2 Å². The van der Waals surface area contributed by atoms with Crippen LogP contribution in [-0.2, 0) is 24.5 Å². The second kappa shape index (κ2) is 6.55. The Kier molecular flexibility index (Phi) is 6.06. The molecule has 9 heteroatoms. The van der Waals surface area contributed by atoms with Crippen LogP contribution in [-0.4, -0.2) is 40.2 Å². The fourth-order valence-corrected chi connectivity index (χ4v) is 2.53. The summed E-state index contributed by atoms with van der Waals surface area (Å²) in [7, 11) is -2.03. The Morgan fingerprint density at radius 1 is 1.22 bits per heavy atom. The molecule has 0 saturated heterocycles. The van der Waals surface area contributed by atoms with Gasteiger partial charge in [0.1, 0.15) is 5.54 Å². The van der Waals surface area contributed by atoms with Gasteiger partial charge in [0.15, 0.2) is 0 Å². The van der Waals surface area contributed by atoms with Crippen molar-refractivity contribution in [3.05, 3.63) is 0 Å². The monoisotopic (exact) mass is 282 g/mol. The van der Waals surface area contributed by atoms with E-state index in [9.17, 15) is 18.0 Å². The number of amides is 1. The van der Waals surface area contributed by atoms with Crippen LogP contribution in [0.2, 0.25) is 0 Å². The van der Waals surface area contributed by atoms with Gasteiger partial charge in [-0.2, -0.15) is 13.1 Å². The molecular formula is C9H18N2O6S. The lowest BCUT2D eigenvalue weighted by Gasteiger charge is -2.26. The summed E-state index contributed by atoms with van der Waals surface area (Å²) in [5, 5.41) is 0. The molecule has 0 fully saturated rings. The molecule has 0 bridgehead atoms. The standard InChI is InChI=1S/C9H18N2O6S/c1-5-6-9(2,7(12)16-3)11-18(14,15)10-8(13)17-4/h11H,5-6H2,1-4H3,(H,10,13). The van der Waals surface area contributed by atoms with Crippen molar-refractivity contribution >= 4 is 22.3 Å². The van der Waals surface area contributed by atoms with Crippen molar-refractivity contribution in [2.24, 2.45) is 0 Å². The zero-order valence-corrected chi connectivity index (χ0v) is 11.6. The molecular weight excluding hydrogens is 264 g/mol. The van der Waals surface area contributed by atoms with Crippen LogP contribution in [0.3, 0.4) is 0 Å². The van der Waals surface area contributed by atoms with Crippen molar-refractivity contribution in [3.63, 3.8) is 0 Å². The van der Waals surface area contributed by atoms with E-state index >= 15 is 0 Å². The van der Waals surface area contributed by atoms with E-state index in [1.165, 1.54) is 6.92 Å². The van der Waals surface area contributed by atoms with Crippen LogP contribution in [0.5, 0.6) is 0 Å². The first-order chi connectivity index (χ1) is 8.20. The van der Waals surface area contributed by atoms with E-state index in [4.69, 9.17) is 0 Å². The highest BCUT2D eigenvalue weighted by Crippen LogP contribution is 2.15. The molecule has 0 aliphatic carbocycles. The number of hydrogen-bond acceptors (Lipinski definition) is 6. The van der Waals surface area contributed by atoms with Gasteiger partial charge in [0, 0.05) is 0 Å². The average molecular weight is 282 g/mol. The Morgan fingerprint density at radius 3 is 2.17 bits per heavy atom. The highest BCUT2D eigenvalue weighted by molar-refractivity contribution is 7.88. The summed E-state index contributed by atoms with van der Waals surface area (Å²) in [6.45, 7) is 3.15. The maximum atomic E-state index is 11.6. The number of rotatable bonds is 6. The fourth-order valence-electron chi connectivity index (χ4n) is 1.39. The zero-order chi connectivity index (χ0) is 14.4. The van der Waals surface area contributed by atoms with Crippen LogP contribution in [0.15, 0.2) is 0 Å². The molecule has 1 atom stereocenters. The third-order valence-electron chi connectivity index (χ3n) is 2.15. The molecule has 18 heavy (non-hydrogen) atoms. The summed E-state index contributed by atoms with van der Waals surface area (Å²) in [4.78, 5) is 22.4. The van der Waals surface area contributed by atoms with Crippen molar-refractivity contribution in [1.82, 2.24) is 9.44 Å². The van der Waals surface area contributed by atoms with Crippen LogP contribution in [0, 0.1) is 0 Å². The Labute approximate surface area is 106 Å². The molecule has 0 aliphatic rings. The molecule has 0 aliphatic heterocycles. The fraction of sp³-hybridized carbons (Fsp3) is 0.778. The highest BCUT2D eigenvalue weighted by atomic mass is 32.2. The summed E-state index contributed by atoms with van der Waals surface area (Å²) in [5.41, 5.74) is -1.44. The Balaban J connectivity index is 4.99. The molecule has 0 rings (SSSR count). The number of nitrogens with one attached hydrogen (secondary N) is 2. The van der Waals surface area contributed by atoms with Crippen LogP contribution in [0.1, 0.15) is 26.7 Å². The third-order valence-corrected chi connectivity index (χ3v) is 3.30. The van der Waals surface area contributed by atoms with Crippen molar-refractivity contribution in [1.29, 1.82) is 0 Å². The smallest absolute Gasteiger partial charge is 0.421 e. The summed E-state index contributed by atoms with van der Waals surface area (Å²) >= 11 is 0. The minimum absolute atomic E-state index is 0.224. The van der Waals surface area contributed by atoms with Gasteiger partial charge in [-0.15, -0.1) is 0 Å². The molecule has 106 valence electrons. The van der Waals surface area contributed by atoms with Gasteiger partial charge in [-0.3, -0.25) is 4.79 Å². The Morgan fingerprint density at radius 2 is 1.78 bits per heavy atom. The number of ether oxygens (including phenoxy) is 2. The number of carbonyl (C=O) groups excluding carboxylic acids is 2. The minimum Gasteiger partial charge on any atom is -0.468 e. The molecule has 0 radical (unpaired) electrons. The number of carbonyl (C=O) groups is 2. The van der Waals surface area contributed by atoms with Gasteiger partial charge in [0.2, 0.25) is 0 Å². The summed E-state index contributed by atoms with van der Waals surface area (Å²) < 4.78 is 35.5. The van der Waals surface area contributed by atoms with E-state index in [1.54, 1.807) is 11.6 Å². The highest BCUT2D eigenvalue weighted by Gasteiger charge is 2.38. The van der Waals surface area contributed by atoms with E-state index in [0.29, 0.717) is 6.42 Å². The second-order valence-corrected chi connectivity index (χ2v) is 5.19. The van der Waals surface area contributed by atoms with Crippen LogP contribution in [0.4, 0.5) is 4.79 Å². The average Bonchev–Trinajstić information content (AvgIpc) is 2.26. The number of methoxy groups -OCH3 is 2. The maximum Gasteiger partial charge on any atom is 0.421 e. The van der Waals surface area contributed by atoms with Crippen LogP contribution < -0.4 is 9.44 Å². The molecule has 0 aromatic heterocycles. The van der Waals surface area contributed by atoms with E-state index in [0.717, 1.165) is 14.2 Å². The third kappa shape index (κ3) is 4.88. The molecule has 8 nitrogen and oxygen atoms in total. The largest absolute Gasteiger partial charge is 0.468 e. The molecule has 2 N–H and O–H groups in total. The Bertz CT molecular complexity index is 407. The first kappa shape index (κ1) is 16.6. The molecule has 1 unspecified atom stereocenters. The lowest BCUT2D eigenvalue weighted by Crippen LogP contribution is -2.56. The second-order valence-electron chi connectivity index (χ2n) is 3.77. The van der Waals surface area contributed by atoms with Crippen LogP contribution >= 0.6 is 0 Å². The number of esters is 1. The van der Waals surface area contributed by atoms with Crippen LogP contribution in [0.25, 0.3) is 0 Å². The van der Waals surface area contributed by atoms with Crippen molar-refractivity contribution < 1.29 is 27.5 Å². The molecule has 0 aromatic carbocycles. The van der Waals surface area contributed by atoms with E-state index in [1.807, 2.05) is 0 Å². The SMILES string of the molecule is CCCC(C)(NS(=O)(=O)NC(=O)OC)C(=O)OC. The normalized spacial score (nSPS) is 14.4. The van der Waals surface area contributed by atoms with Gasteiger partial charge in [-0.05, 0) is 13.3 Å². The van der Waals surface area contributed by atoms with Crippen molar-refractivity contribution in [2.75, 3.05) is 14.2 Å². The lowest BCUT2D eigenvalue weighted by atomic mass is 9.98. The van der Waals surface area contributed by atoms with Gasteiger partial charge in [-0.1, -0.05) is 13.3 Å². The first-order valence-corrected chi connectivity index (χ1v) is 6.67. The first-order valence-electron chi connectivity index (χ1n) is 5.19. The number of hydrogen-bond donors (Lipinski definition) is 2. The van der Waals surface area contributed by atoms with Gasteiger partial charge in [-0.25, -0.2) is 9.52 Å². The van der Waals surface area contributed by atoms with E-state index in [2.05, 4.69) is 14.2 Å². The van der Waals surface area contributed by atoms with Crippen molar-refractivity contribution in [3.8, 4) is 0 Å². The molecule has 0 spiro atoms. The minimum atomic E-state index is -4.20. The maximum absolute atomic E-state index is 11.6. The van der Waals surface area contributed by atoms with Gasteiger partial charge >= 0.3 is 22.3 Å². The van der Waals surface area contributed by atoms with Crippen molar-refractivity contribution in [2.45, 2.75) is 32.2 Å². The molecule has 0 aromatic rings. The molecule has 1 amide bonds. The molecule has 0 heterocycles. The summed E-state index contributed by atoms with van der Waals surface area (Å²) in [5.74, 6) is -0.736. The molecule has 0 saturated carbocycles. The topological polar surface area (TPSA) is 111 Å². The van der Waals surface area contributed by atoms with E-state index < -0.39 is 27.8 Å². The lowest BCUT2D eigenvalue weighted by molar-refractivity contribution is -0.147. The zero-order valence-electron chi connectivity index (χ0n) is 10.8. The predicted octanol–water partition coefficient (Wildman–Crippen LogP) is -0.0914. The summed E-state index contributed by atoms with van der Waals surface area (Å²) in [6, 6.07) is 0. The van der Waals surface area contributed by atoms with Gasteiger partial charge < -0.3 is 9.47 Å². The summed E-state index contributed by atoms with van der Waals surface area (Å²) in [6.07, 6.45) is -0.375. The van der Waals surface area contributed by atoms with Gasteiger partial charge in [0.25, 0.3) is 0 Å². The quantitative estimate of drug-likeness (QED) is 0.659. The van der Waals surface area contributed by atoms with E-state index in [-0.39, 0.29) is 6.42 Å². The Hall–Kier alpha value is -1.35. The predicted molar refractivity (Wildman–Crippen MR) is 62.9 cm³/mol.